The van der Waals surface area contributed by atoms with Gasteiger partial charge in [0.1, 0.15) is 5.82 Å². The molecular weight excluding hydrogens is 234 g/mol. The normalized spacial score (nSPS) is 11.7. The zero-order valence-electron chi connectivity index (χ0n) is 10.7. The number of hydrogen-bond acceptors (Lipinski definition) is 4. The number of nitrogens with one attached hydrogen (secondary N) is 2. The number of aryl methyl sites for hydroxylation is 1. The maximum atomic E-state index is 11.6. The van der Waals surface area contributed by atoms with Gasteiger partial charge in [0.2, 0.25) is 0 Å². The number of nitrogens with zero attached hydrogens (tertiary/aromatic N) is 1. The summed E-state index contributed by atoms with van der Waals surface area (Å²) >= 11 is 0. The van der Waals surface area contributed by atoms with E-state index in [0.29, 0.717) is 12.4 Å². The molecule has 1 unspecified atom stereocenters. The van der Waals surface area contributed by atoms with Crippen LogP contribution in [0.4, 0.5) is 5.82 Å². The number of methoxy groups -OCH3 is 1. The molecule has 18 heavy (non-hydrogen) atoms. The Morgan fingerprint density at radius 1 is 1.39 bits per heavy atom. The third-order valence-electron chi connectivity index (χ3n) is 2.13. The average Bonchev–Trinajstić information content (AvgIpc) is 2.29. The van der Waals surface area contributed by atoms with E-state index in [2.05, 4.69) is 15.6 Å². The summed E-state index contributed by atoms with van der Waals surface area (Å²) in [6.45, 7) is 3.90. The van der Waals surface area contributed by atoms with E-state index in [0.717, 1.165) is 5.69 Å². The van der Waals surface area contributed by atoms with Crippen LogP contribution in [0.1, 0.15) is 12.6 Å². The van der Waals surface area contributed by atoms with Crippen LogP contribution in [-0.4, -0.2) is 36.6 Å². The Morgan fingerprint density at radius 3 is 2.72 bits per heavy atom. The maximum absolute atomic E-state index is 11.6. The lowest BCUT2D eigenvalue weighted by molar-refractivity contribution is -0.136. The maximum Gasteiger partial charge on any atom is 0.314 e. The Balaban J connectivity index is 2.52. The standard InChI is InChI=1S/C12H17N3O3/c1-8-5-4-6-10(13-8)15-12(17)11(16)14-9(2)7-18-3/h4-6,9H,7H2,1-3H3,(H,14,16)(H,13,15,17). The Labute approximate surface area is 106 Å². The van der Waals surface area contributed by atoms with Crippen LogP contribution in [0, 0.1) is 6.92 Å². The first-order valence-electron chi connectivity index (χ1n) is 5.57. The number of carbonyl (C=O) groups excluding carboxylic acids is 2. The van der Waals surface area contributed by atoms with Crippen molar-refractivity contribution in [1.29, 1.82) is 0 Å². The minimum Gasteiger partial charge on any atom is -0.383 e. The zero-order chi connectivity index (χ0) is 13.5. The predicted octanol–water partition coefficient (Wildman–Crippen LogP) is 0.480. The average molecular weight is 251 g/mol. The molecule has 0 aliphatic heterocycles. The number of hydrogen-bond donors (Lipinski definition) is 2. The van der Waals surface area contributed by atoms with E-state index >= 15 is 0 Å². The van der Waals surface area contributed by atoms with E-state index in [1.807, 2.05) is 0 Å². The van der Waals surface area contributed by atoms with Crippen molar-refractivity contribution in [3.05, 3.63) is 23.9 Å². The number of amides is 2. The zero-order valence-corrected chi connectivity index (χ0v) is 10.7. The van der Waals surface area contributed by atoms with Crippen LogP contribution in [0.5, 0.6) is 0 Å². The summed E-state index contributed by atoms with van der Waals surface area (Å²) in [4.78, 5) is 27.1. The van der Waals surface area contributed by atoms with Crippen molar-refractivity contribution in [2.24, 2.45) is 0 Å². The van der Waals surface area contributed by atoms with E-state index in [9.17, 15) is 9.59 Å². The molecule has 1 heterocycles. The highest BCUT2D eigenvalue weighted by molar-refractivity contribution is 6.39. The molecular formula is C12H17N3O3. The second-order valence-corrected chi connectivity index (χ2v) is 3.95. The van der Waals surface area contributed by atoms with Crippen LogP contribution >= 0.6 is 0 Å². The van der Waals surface area contributed by atoms with Gasteiger partial charge < -0.3 is 15.4 Å². The van der Waals surface area contributed by atoms with Crippen molar-refractivity contribution in [2.45, 2.75) is 19.9 Å². The number of pyridine rings is 1. The predicted molar refractivity (Wildman–Crippen MR) is 67.1 cm³/mol. The molecule has 6 heteroatoms. The molecule has 2 amide bonds. The second kappa shape index (κ2) is 6.70. The van der Waals surface area contributed by atoms with Gasteiger partial charge in [0.25, 0.3) is 0 Å². The first kappa shape index (κ1) is 14.1. The number of rotatable bonds is 4. The molecule has 6 nitrogen and oxygen atoms in total. The van der Waals surface area contributed by atoms with Gasteiger partial charge in [0, 0.05) is 18.8 Å². The fourth-order valence-corrected chi connectivity index (χ4v) is 1.37. The van der Waals surface area contributed by atoms with Crippen LogP contribution in [0.25, 0.3) is 0 Å². The van der Waals surface area contributed by atoms with Crippen molar-refractivity contribution in [1.82, 2.24) is 10.3 Å². The highest BCUT2D eigenvalue weighted by Crippen LogP contribution is 2.03. The molecule has 1 atom stereocenters. The van der Waals surface area contributed by atoms with Gasteiger partial charge in [0.15, 0.2) is 0 Å². The number of aromatic nitrogens is 1. The Morgan fingerprint density at radius 2 is 2.11 bits per heavy atom. The smallest absolute Gasteiger partial charge is 0.314 e. The molecule has 0 aliphatic carbocycles. The number of carbonyl (C=O) groups is 2. The van der Waals surface area contributed by atoms with Gasteiger partial charge in [-0.05, 0) is 26.0 Å². The summed E-state index contributed by atoms with van der Waals surface area (Å²) in [6, 6.07) is 4.95. The third kappa shape index (κ3) is 4.50. The molecule has 2 N–H and O–H groups in total. The fourth-order valence-electron chi connectivity index (χ4n) is 1.37. The first-order valence-corrected chi connectivity index (χ1v) is 5.57. The lowest BCUT2D eigenvalue weighted by Gasteiger charge is -2.12. The van der Waals surface area contributed by atoms with E-state index < -0.39 is 11.8 Å². The number of ether oxygens (including phenoxy) is 1. The van der Waals surface area contributed by atoms with Gasteiger partial charge in [0.05, 0.1) is 6.61 Å². The highest BCUT2D eigenvalue weighted by atomic mass is 16.5. The van der Waals surface area contributed by atoms with Crippen LogP contribution in [0.3, 0.4) is 0 Å². The third-order valence-corrected chi connectivity index (χ3v) is 2.13. The monoisotopic (exact) mass is 251 g/mol. The van der Waals surface area contributed by atoms with Gasteiger partial charge in [-0.3, -0.25) is 9.59 Å². The number of anilines is 1. The fraction of sp³-hybridized carbons (Fsp3) is 0.417. The lowest BCUT2D eigenvalue weighted by atomic mass is 10.3. The molecule has 1 aromatic rings. The molecule has 0 saturated carbocycles. The molecule has 0 saturated heterocycles. The van der Waals surface area contributed by atoms with Crippen LogP contribution < -0.4 is 10.6 Å². The van der Waals surface area contributed by atoms with Gasteiger partial charge in [-0.25, -0.2) is 4.98 Å². The van der Waals surface area contributed by atoms with E-state index in [1.165, 1.54) is 7.11 Å². The summed E-state index contributed by atoms with van der Waals surface area (Å²) < 4.78 is 4.86. The Kier molecular flexibility index (Phi) is 5.26. The molecule has 0 bridgehead atoms. The molecule has 98 valence electrons. The highest BCUT2D eigenvalue weighted by Gasteiger charge is 2.16. The van der Waals surface area contributed by atoms with E-state index in [-0.39, 0.29) is 6.04 Å². The van der Waals surface area contributed by atoms with Crippen molar-refractivity contribution < 1.29 is 14.3 Å². The molecule has 0 spiro atoms. The summed E-state index contributed by atoms with van der Waals surface area (Å²) in [5, 5.41) is 4.94. The topological polar surface area (TPSA) is 80.3 Å². The summed E-state index contributed by atoms with van der Waals surface area (Å²) in [6.07, 6.45) is 0. The van der Waals surface area contributed by atoms with Crippen molar-refractivity contribution in [2.75, 3.05) is 19.0 Å². The summed E-state index contributed by atoms with van der Waals surface area (Å²) in [7, 11) is 1.53. The van der Waals surface area contributed by atoms with E-state index in [4.69, 9.17) is 4.74 Å². The van der Waals surface area contributed by atoms with Crippen molar-refractivity contribution >= 4 is 17.6 Å². The van der Waals surface area contributed by atoms with Gasteiger partial charge in [-0.2, -0.15) is 0 Å². The first-order chi connectivity index (χ1) is 8.52. The molecule has 0 aromatic carbocycles. The SMILES string of the molecule is COCC(C)NC(=O)C(=O)Nc1cccc(C)n1. The minimum absolute atomic E-state index is 0.223. The van der Waals surface area contributed by atoms with Gasteiger partial charge in [-0.1, -0.05) is 6.07 Å². The van der Waals surface area contributed by atoms with Crippen LogP contribution in [0.15, 0.2) is 18.2 Å². The molecule has 0 fully saturated rings. The molecule has 0 aliphatic rings. The van der Waals surface area contributed by atoms with Gasteiger partial charge >= 0.3 is 11.8 Å². The largest absolute Gasteiger partial charge is 0.383 e. The second-order valence-electron chi connectivity index (χ2n) is 3.95. The van der Waals surface area contributed by atoms with Crippen LogP contribution in [-0.2, 0) is 14.3 Å². The molecule has 0 radical (unpaired) electrons. The van der Waals surface area contributed by atoms with Crippen molar-refractivity contribution in [3.8, 4) is 0 Å². The van der Waals surface area contributed by atoms with Gasteiger partial charge in [-0.15, -0.1) is 0 Å². The van der Waals surface area contributed by atoms with Crippen molar-refractivity contribution in [3.63, 3.8) is 0 Å². The molecule has 1 aromatic heterocycles. The Hall–Kier alpha value is -1.95. The molecule has 1 rings (SSSR count). The van der Waals surface area contributed by atoms with E-state index in [1.54, 1.807) is 32.0 Å². The quantitative estimate of drug-likeness (QED) is 0.763. The lowest BCUT2D eigenvalue weighted by Crippen LogP contribution is -2.42. The summed E-state index contributed by atoms with van der Waals surface area (Å²) in [5.41, 5.74) is 0.765. The minimum atomic E-state index is -0.740. The summed E-state index contributed by atoms with van der Waals surface area (Å²) in [5.74, 6) is -1.09. The Bertz CT molecular complexity index is 434. The van der Waals surface area contributed by atoms with Crippen LogP contribution in [0.2, 0.25) is 0 Å².